The molecule has 0 fully saturated rings. The lowest BCUT2D eigenvalue weighted by Crippen LogP contribution is -2.49. The third-order valence-electron chi connectivity index (χ3n) is 2.29. The van der Waals surface area contributed by atoms with Gasteiger partial charge in [-0.1, -0.05) is 13.8 Å². The average molecular weight is 230 g/mol. The lowest BCUT2D eigenvalue weighted by Gasteiger charge is -2.23. The number of hydrogen-bond donors (Lipinski definition) is 3. The number of hydrogen-bond acceptors (Lipinski definition) is 3. The van der Waals surface area contributed by atoms with Crippen molar-refractivity contribution >= 4 is 5.91 Å². The molecular formula is C12H26N2O2. The number of amides is 1. The molecule has 3 N–H and O–H groups in total. The summed E-state index contributed by atoms with van der Waals surface area (Å²) >= 11 is 0. The van der Waals surface area contributed by atoms with E-state index >= 15 is 0 Å². The van der Waals surface area contributed by atoms with Crippen molar-refractivity contribution in [3.63, 3.8) is 0 Å². The van der Waals surface area contributed by atoms with Gasteiger partial charge in [-0.2, -0.15) is 0 Å². The molecule has 4 nitrogen and oxygen atoms in total. The minimum atomic E-state index is -0.265. The monoisotopic (exact) mass is 230 g/mol. The number of aliphatic hydroxyl groups is 1. The van der Waals surface area contributed by atoms with E-state index in [4.69, 9.17) is 0 Å². The summed E-state index contributed by atoms with van der Waals surface area (Å²) in [6.07, 6.45) is 0.871. The molecule has 4 heteroatoms. The van der Waals surface area contributed by atoms with E-state index in [0.717, 1.165) is 6.42 Å². The van der Waals surface area contributed by atoms with E-state index < -0.39 is 0 Å². The Morgan fingerprint density at radius 1 is 1.19 bits per heavy atom. The zero-order chi connectivity index (χ0) is 12.7. The largest absolute Gasteiger partial charge is 0.395 e. The van der Waals surface area contributed by atoms with E-state index in [1.165, 1.54) is 0 Å². The molecule has 0 aromatic carbocycles. The Morgan fingerprint density at radius 3 is 2.12 bits per heavy atom. The molecule has 2 unspecified atom stereocenters. The molecule has 0 aliphatic carbocycles. The lowest BCUT2D eigenvalue weighted by molar-refractivity contribution is -0.123. The highest BCUT2D eigenvalue weighted by molar-refractivity contribution is 5.81. The molecule has 0 aliphatic rings. The molecule has 0 rings (SSSR count). The second-order valence-electron chi connectivity index (χ2n) is 5.06. The minimum absolute atomic E-state index is 0.00656. The lowest BCUT2D eigenvalue weighted by atomic mass is 10.0. The summed E-state index contributed by atoms with van der Waals surface area (Å²) < 4.78 is 0. The van der Waals surface area contributed by atoms with Gasteiger partial charge in [-0.15, -0.1) is 0 Å². The van der Waals surface area contributed by atoms with Gasteiger partial charge >= 0.3 is 0 Å². The smallest absolute Gasteiger partial charge is 0.237 e. The molecule has 0 aliphatic heterocycles. The SMILES string of the molecule is CC(C)CC(CO)NC(C)C(=O)NC(C)C. The highest BCUT2D eigenvalue weighted by Gasteiger charge is 2.18. The highest BCUT2D eigenvalue weighted by Crippen LogP contribution is 2.05. The van der Waals surface area contributed by atoms with Gasteiger partial charge in [-0.3, -0.25) is 4.79 Å². The van der Waals surface area contributed by atoms with Crippen molar-refractivity contribution < 1.29 is 9.90 Å². The Balaban J connectivity index is 4.08. The molecule has 16 heavy (non-hydrogen) atoms. The Kier molecular flexibility index (Phi) is 7.34. The zero-order valence-corrected chi connectivity index (χ0v) is 11.1. The molecule has 0 bridgehead atoms. The number of rotatable bonds is 7. The molecule has 0 aromatic heterocycles. The van der Waals surface area contributed by atoms with Crippen molar-refractivity contribution in [1.29, 1.82) is 0 Å². The number of aliphatic hydroxyl groups excluding tert-OH is 1. The number of carbonyl (C=O) groups is 1. The van der Waals surface area contributed by atoms with Crippen molar-refractivity contribution in [3.8, 4) is 0 Å². The van der Waals surface area contributed by atoms with Crippen LogP contribution in [0.15, 0.2) is 0 Å². The Hall–Kier alpha value is -0.610. The third kappa shape index (κ3) is 6.80. The van der Waals surface area contributed by atoms with Crippen LogP contribution in [0.2, 0.25) is 0 Å². The first-order chi connectivity index (χ1) is 7.36. The van der Waals surface area contributed by atoms with Gasteiger partial charge in [-0.25, -0.2) is 0 Å². The molecule has 0 heterocycles. The molecule has 0 radical (unpaired) electrons. The van der Waals surface area contributed by atoms with Gasteiger partial charge in [0, 0.05) is 12.1 Å². The first-order valence-electron chi connectivity index (χ1n) is 6.04. The normalized spacial score (nSPS) is 15.2. The summed E-state index contributed by atoms with van der Waals surface area (Å²) in [6.45, 7) is 9.95. The maximum atomic E-state index is 11.6. The number of carbonyl (C=O) groups excluding carboxylic acids is 1. The minimum Gasteiger partial charge on any atom is -0.395 e. The van der Waals surface area contributed by atoms with Crippen LogP contribution in [0.3, 0.4) is 0 Å². The van der Waals surface area contributed by atoms with E-state index in [1.807, 2.05) is 20.8 Å². The topological polar surface area (TPSA) is 61.4 Å². The van der Waals surface area contributed by atoms with Crippen LogP contribution < -0.4 is 10.6 Å². The first kappa shape index (κ1) is 15.4. The van der Waals surface area contributed by atoms with Crippen LogP contribution in [0.1, 0.15) is 41.0 Å². The van der Waals surface area contributed by atoms with Crippen LogP contribution in [0.25, 0.3) is 0 Å². The summed E-state index contributed by atoms with van der Waals surface area (Å²) in [5, 5.41) is 15.2. The first-order valence-corrected chi connectivity index (χ1v) is 6.04. The highest BCUT2D eigenvalue weighted by atomic mass is 16.3. The molecule has 1 amide bonds. The van der Waals surface area contributed by atoms with Crippen molar-refractivity contribution in [2.45, 2.75) is 59.2 Å². The Labute approximate surface area is 98.8 Å². The van der Waals surface area contributed by atoms with Gasteiger partial charge in [0.15, 0.2) is 0 Å². The maximum absolute atomic E-state index is 11.6. The summed E-state index contributed by atoms with van der Waals surface area (Å²) in [7, 11) is 0. The summed E-state index contributed by atoms with van der Waals surface area (Å²) in [4.78, 5) is 11.6. The summed E-state index contributed by atoms with van der Waals surface area (Å²) in [6, 6.07) is -0.124. The number of nitrogens with one attached hydrogen (secondary N) is 2. The van der Waals surface area contributed by atoms with Crippen LogP contribution in [0.5, 0.6) is 0 Å². The van der Waals surface area contributed by atoms with E-state index in [0.29, 0.717) is 5.92 Å². The predicted molar refractivity (Wildman–Crippen MR) is 66.2 cm³/mol. The van der Waals surface area contributed by atoms with E-state index in [-0.39, 0.29) is 30.6 Å². The van der Waals surface area contributed by atoms with Gasteiger partial charge in [0.25, 0.3) is 0 Å². The van der Waals surface area contributed by atoms with Gasteiger partial charge in [0.1, 0.15) is 0 Å². The molecule has 0 aromatic rings. The second-order valence-corrected chi connectivity index (χ2v) is 5.06. The van der Waals surface area contributed by atoms with E-state index in [9.17, 15) is 9.90 Å². The Morgan fingerprint density at radius 2 is 1.75 bits per heavy atom. The van der Waals surface area contributed by atoms with Crippen molar-refractivity contribution in [3.05, 3.63) is 0 Å². The fourth-order valence-electron chi connectivity index (χ4n) is 1.60. The van der Waals surface area contributed by atoms with Gasteiger partial charge in [-0.05, 0) is 33.1 Å². The fraction of sp³-hybridized carbons (Fsp3) is 0.917. The fourth-order valence-corrected chi connectivity index (χ4v) is 1.60. The average Bonchev–Trinajstić information content (AvgIpc) is 2.14. The van der Waals surface area contributed by atoms with E-state index in [1.54, 1.807) is 0 Å². The molecule has 0 saturated heterocycles. The van der Waals surface area contributed by atoms with Crippen LogP contribution >= 0.6 is 0 Å². The van der Waals surface area contributed by atoms with Gasteiger partial charge in [0.05, 0.1) is 12.6 Å². The second kappa shape index (κ2) is 7.63. The van der Waals surface area contributed by atoms with Crippen LogP contribution in [0.4, 0.5) is 0 Å². The summed E-state index contributed by atoms with van der Waals surface area (Å²) in [5.41, 5.74) is 0. The predicted octanol–water partition coefficient (Wildman–Crippen LogP) is 0.896. The van der Waals surface area contributed by atoms with Crippen molar-refractivity contribution in [2.24, 2.45) is 5.92 Å². The van der Waals surface area contributed by atoms with Crippen LogP contribution in [-0.2, 0) is 4.79 Å². The van der Waals surface area contributed by atoms with Crippen molar-refractivity contribution in [2.75, 3.05) is 6.61 Å². The molecular weight excluding hydrogens is 204 g/mol. The quantitative estimate of drug-likeness (QED) is 0.609. The van der Waals surface area contributed by atoms with Crippen molar-refractivity contribution in [1.82, 2.24) is 10.6 Å². The Bertz CT molecular complexity index is 205. The standard InChI is InChI=1S/C12H26N2O2/c1-8(2)6-11(7-15)14-10(5)12(16)13-9(3)4/h8-11,14-15H,6-7H2,1-5H3,(H,13,16). The molecule has 0 spiro atoms. The van der Waals surface area contributed by atoms with Crippen LogP contribution in [0, 0.1) is 5.92 Å². The molecule has 0 saturated carbocycles. The molecule has 96 valence electrons. The van der Waals surface area contributed by atoms with E-state index in [2.05, 4.69) is 24.5 Å². The zero-order valence-electron chi connectivity index (χ0n) is 11.1. The molecule has 2 atom stereocenters. The summed E-state index contributed by atoms with van der Waals surface area (Å²) in [5.74, 6) is 0.488. The van der Waals surface area contributed by atoms with Gasteiger partial charge in [0.2, 0.25) is 5.91 Å². The van der Waals surface area contributed by atoms with Gasteiger partial charge < -0.3 is 15.7 Å². The third-order valence-corrected chi connectivity index (χ3v) is 2.29. The maximum Gasteiger partial charge on any atom is 0.237 e. The van der Waals surface area contributed by atoms with Crippen LogP contribution in [-0.4, -0.2) is 35.7 Å².